The van der Waals surface area contributed by atoms with Crippen molar-refractivity contribution >= 4 is 5.84 Å². The number of aliphatic hydroxyl groups is 1. The Morgan fingerprint density at radius 1 is 1.14 bits per heavy atom. The monoisotopic (exact) mass is 514 g/mol. The van der Waals surface area contributed by atoms with Crippen LogP contribution in [0.3, 0.4) is 0 Å². The highest BCUT2D eigenvalue weighted by atomic mass is 19.4. The van der Waals surface area contributed by atoms with Crippen LogP contribution in [0.1, 0.15) is 96.4 Å². The van der Waals surface area contributed by atoms with Gasteiger partial charge in [-0.1, -0.05) is 64.5 Å². The maximum Gasteiger partial charge on any atom is 0.419 e. The number of hydrogen-bond donors (Lipinski definition) is 3. The first-order valence-corrected chi connectivity index (χ1v) is 12.6. The van der Waals surface area contributed by atoms with Gasteiger partial charge in [-0.25, -0.2) is 0 Å². The van der Waals surface area contributed by atoms with Gasteiger partial charge in [0.1, 0.15) is 5.75 Å². The molecule has 0 bridgehead atoms. The summed E-state index contributed by atoms with van der Waals surface area (Å²) in [5.74, 6) is 0.146. The van der Waals surface area contributed by atoms with Gasteiger partial charge < -0.3 is 20.1 Å². The van der Waals surface area contributed by atoms with Gasteiger partial charge in [0.2, 0.25) is 11.7 Å². The number of nitrogens with zero attached hydrogens (tertiary/aromatic N) is 2. The van der Waals surface area contributed by atoms with E-state index in [-0.39, 0.29) is 48.0 Å². The standard InChI is InChI=1S/C24H35F3N2O3.C2H6N2/c1-4-6-7-8-9-10-14-31-21-13-12-18(15-20(21)24(25,26)27)22-28-23(32-29-22)17(3)19(16-30)11-5-2;1-2(3)4/h12-13,15,17,19,30H,4-11,14,16H2,1-3H3;1H3,(H3,3,4)/t17-,19+;/m0./s1. The second-order valence-corrected chi connectivity index (χ2v) is 8.98. The van der Waals surface area contributed by atoms with Crippen LogP contribution in [0.2, 0.25) is 0 Å². The van der Waals surface area contributed by atoms with Crippen LogP contribution < -0.4 is 10.5 Å². The van der Waals surface area contributed by atoms with Crippen molar-refractivity contribution in [3.8, 4) is 17.1 Å². The molecular weight excluding hydrogens is 473 g/mol. The molecule has 0 aliphatic rings. The van der Waals surface area contributed by atoms with E-state index in [9.17, 15) is 18.3 Å². The zero-order chi connectivity index (χ0) is 27.1. The van der Waals surface area contributed by atoms with Crippen LogP contribution in [0.25, 0.3) is 11.4 Å². The van der Waals surface area contributed by atoms with Gasteiger partial charge >= 0.3 is 6.18 Å². The second-order valence-electron chi connectivity index (χ2n) is 8.98. The molecule has 1 aromatic heterocycles. The summed E-state index contributed by atoms with van der Waals surface area (Å²) >= 11 is 0. The molecule has 0 aliphatic carbocycles. The normalized spacial score (nSPS) is 13.0. The highest BCUT2D eigenvalue weighted by Crippen LogP contribution is 2.39. The van der Waals surface area contributed by atoms with E-state index in [0.717, 1.165) is 51.0 Å². The highest BCUT2D eigenvalue weighted by molar-refractivity contribution is 5.73. The van der Waals surface area contributed by atoms with Crippen molar-refractivity contribution in [1.29, 1.82) is 5.41 Å². The van der Waals surface area contributed by atoms with Gasteiger partial charge in [0.25, 0.3) is 0 Å². The molecule has 1 aromatic carbocycles. The molecule has 2 rings (SSSR count). The lowest BCUT2D eigenvalue weighted by Gasteiger charge is -2.17. The number of benzene rings is 1. The number of ether oxygens (including phenoxy) is 1. The lowest BCUT2D eigenvalue weighted by atomic mass is 9.90. The quantitative estimate of drug-likeness (QED) is 0.143. The number of alkyl halides is 3. The van der Waals surface area contributed by atoms with Crippen molar-refractivity contribution in [2.24, 2.45) is 11.7 Å². The van der Waals surface area contributed by atoms with Gasteiger partial charge in [-0.3, -0.25) is 5.41 Å². The fraction of sp³-hybridized carbons (Fsp3) is 0.654. The molecular formula is C26H41F3N4O3. The number of nitrogens with two attached hydrogens (primary N) is 1. The predicted molar refractivity (Wildman–Crippen MR) is 135 cm³/mol. The predicted octanol–water partition coefficient (Wildman–Crippen LogP) is 6.95. The van der Waals surface area contributed by atoms with Crippen molar-refractivity contribution in [2.75, 3.05) is 13.2 Å². The summed E-state index contributed by atoms with van der Waals surface area (Å²) in [5.41, 5.74) is 4.06. The number of nitrogens with one attached hydrogen (secondary N) is 1. The SMILES string of the molecule is CC(=N)N.CCCCCCCCOc1ccc(-c2noc([C@@H](C)[C@@H](CO)CCC)n2)cc1C(F)(F)F. The summed E-state index contributed by atoms with van der Waals surface area (Å²) in [6.45, 7) is 7.78. The average Bonchev–Trinajstić information content (AvgIpc) is 3.31. The van der Waals surface area contributed by atoms with Crippen LogP contribution in [-0.4, -0.2) is 34.3 Å². The Bertz CT molecular complexity index is 899. The topological polar surface area (TPSA) is 118 Å². The summed E-state index contributed by atoms with van der Waals surface area (Å²) in [6, 6.07) is 3.84. The maximum absolute atomic E-state index is 13.7. The molecule has 36 heavy (non-hydrogen) atoms. The molecule has 2 atom stereocenters. The van der Waals surface area contributed by atoms with Crippen LogP contribution >= 0.6 is 0 Å². The van der Waals surface area contributed by atoms with Crippen molar-refractivity contribution in [2.45, 2.75) is 91.2 Å². The third kappa shape index (κ3) is 11.0. The molecule has 0 radical (unpaired) electrons. The Balaban J connectivity index is 0.00000150. The smallest absolute Gasteiger partial charge is 0.419 e. The van der Waals surface area contributed by atoms with Crippen LogP contribution in [0.5, 0.6) is 5.75 Å². The number of hydrogen-bond acceptors (Lipinski definition) is 6. The van der Waals surface area contributed by atoms with Crippen molar-refractivity contribution in [1.82, 2.24) is 10.1 Å². The van der Waals surface area contributed by atoms with Crippen molar-refractivity contribution in [3.63, 3.8) is 0 Å². The summed E-state index contributed by atoms with van der Waals surface area (Å²) in [7, 11) is 0. The van der Waals surface area contributed by atoms with E-state index in [1.807, 2.05) is 13.8 Å². The Kier molecular flexibility index (Phi) is 14.1. The minimum atomic E-state index is -4.56. The highest BCUT2D eigenvalue weighted by Gasteiger charge is 2.35. The maximum atomic E-state index is 13.7. The number of rotatable bonds is 14. The Morgan fingerprint density at radius 3 is 2.36 bits per heavy atom. The lowest BCUT2D eigenvalue weighted by Crippen LogP contribution is -2.14. The minimum absolute atomic E-state index is 0.0183. The largest absolute Gasteiger partial charge is 0.493 e. The third-order valence-corrected chi connectivity index (χ3v) is 5.73. The molecule has 0 unspecified atom stereocenters. The van der Waals surface area contributed by atoms with Gasteiger partial charge in [0.15, 0.2) is 0 Å². The summed E-state index contributed by atoms with van der Waals surface area (Å²) in [5, 5.41) is 19.7. The van der Waals surface area contributed by atoms with E-state index in [1.165, 1.54) is 25.5 Å². The van der Waals surface area contributed by atoms with Crippen LogP contribution in [0, 0.1) is 11.3 Å². The molecule has 204 valence electrons. The van der Waals surface area contributed by atoms with Gasteiger partial charge in [-0.15, -0.1) is 0 Å². The molecule has 0 aliphatic heterocycles. The number of amidine groups is 1. The summed E-state index contributed by atoms with van der Waals surface area (Å²) in [4.78, 5) is 4.30. The van der Waals surface area contributed by atoms with Crippen molar-refractivity contribution < 1.29 is 27.5 Å². The number of aromatic nitrogens is 2. The van der Waals surface area contributed by atoms with Gasteiger partial charge in [0, 0.05) is 18.1 Å². The van der Waals surface area contributed by atoms with Crippen LogP contribution in [0.4, 0.5) is 13.2 Å². The fourth-order valence-corrected chi connectivity index (χ4v) is 3.69. The molecule has 0 saturated heterocycles. The second kappa shape index (κ2) is 16.2. The Morgan fingerprint density at radius 2 is 1.78 bits per heavy atom. The first kappa shape index (κ1) is 31.4. The first-order valence-electron chi connectivity index (χ1n) is 12.6. The van der Waals surface area contributed by atoms with Gasteiger partial charge in [0.05, 0.1) is 18.0 Å². The minimum Gasteiger partial charge on any atom is -0.493 e. The zero-order valence-corrected chi connectivity index (χ0v) is 21.8. The lowest BCUT2D eigenvalue weighted by molar-refractivity contribution is -0.138. The number of halogens is 3. The van der Waals surface area contributed by atoms with Crippen LogP contribution in [0.15, 0.2) is 22.7 Å². The average molecular weight is 515 g/mol. The van der Waals surface area contributed by atoms with Gasteiger partial charge in [-0.05, 0) is 43.9 Å². The zero-order valence-electron chi connectivity index (χ0n) is 21.8. The van der Waals surface area contributed by atoms with E-state index in [2.05, 4.69) is 17.1 Å². The summed E-state index contributed by atoms with van der Waals surface area (Å²) in [6.07, 6.45) is 3.32. The molecule has 2 aromatic rings. The van der Waals surface area contributed by atoms with E-state index < -0.39 is 11.7 Å². The van der Waals surface area contributed by atoms with E-state index in [4.69, 9.17) is 20.4 Å². The third-order valence-electron chi connectivity index (χ3n) is 5.73. The molecule has 0 saturated carbocycles. The molecule has 0 fully saturated rings. The van der Waals surface area contributed by atoms with Gasteiger partial charge in [-0.2, -0.15) is 18.2 Å². The molecule has 1 heterocycles. The molecule has 10 heteroatoms. The number of unbranched alkanes of at least 4 members (excludes halogenated alkanes) is 5. The number of aliphatic hydroxyl groups excluding tert-OH is 1. The van der Waals surface area contributed by atoms with E-state index in [0.29, 0.717) is 5.89 Å². The molecule has 0 spiro atoms. The Labute approximate surface area is 212 Å². The van der Waals surface area contributed by atoms with Crippen LogP contribution in [-0.2, 0) is 6.18 Å². The Hall–Kier alpha value is -2.62. The summed E-state index contributed by atoms with van der Waals surface area (Å²) < 4.78 is 51.7. The fourth-order valence-electron chi connectivity index (χ4n) is 3.69. The van der Waals surface area contributed by atoms with E-state index in [1.54, 1.807) is 0 Å². The van der Waals surface area contributed by atoms with Crippen molar-refractivity contribution in [3.05, 3.63) is 29.7 Å². The molecule has 7 nitrogen and oxygen atoms in total. The van der Waals surface area contributed by atoms with E-state index >= 15 is 0 Å². The molecule has 0 amide bonds. The first-order chi connectivity index (χ1) is 17.0. The molecule has 4 N–H and O–H groups in total.